The third-order valence-electron chi connectivity index (χ3n) is 5.33. The first-order chi connectivity index (χ1) is 17.6. The van der Waals surface area contributed by atoms with Gasteiger partial charge in [0.25, 0.3) is 5.91 Å². The number of aromatic nitrogens is 2. The van der Waals surface area contributed by atoms with Gasteiger partial charge in [-0.05, 0) is 68.8 Å². The first kappa shape index (κ1) is 27.2. The molecule has 37 heavy (non-hydrogen) atoms. The normalized spacial score (nSPS) is 13.5. The van der Waals surface area contributed by atoms with Gasteiger partial charge in [0.2, 0.25) is 0 Å². The van der Waals surface area contributed by atoms with E-state index < -0.39 is 17.6 Å². The number of hydrogen-bond acceptors (Lipinski definition) is 4. The lowest BCUT2D eigenvalue weighted by Crippen LogP contribution is -2.19. The fourth-order valence-corrected chi connectivity index (χ4v) is 3.42. The van der Waals surface area contributed by atoms with Gasteiger partial charge < -0.3 is 10.6 Å². The first-order valence-corrected chi connectivity index (χ1v) is 11.5. The molecule has 6 nitrogen and oxygen atoms in total. The number of allylic oxidation sites excluding steroid dienone is 4. The average molecular weight is 508 g/mol. The molecule has 0 radical (unpaired) electrons. The van der Waals surface area contributed by atoms with Crippen LogP contribution in [0.25, 0.3) is 0 Å². The van der Waals surface area contributed by atoms with Crippen molar-refractivity contribution in [1.82, 2.24) is 14.9 Å². The smallest absolute Gasteiger partial charge is 0.364 e. The van der Waals surface area contributed by atoms with Gasteiger partial charge in [0.05, 0.1) is 17.3 Å². The summed E-state index contributed by atoms with van der Waals surface area (Å²) in [4.78, 5) is 21.6. The molecule has 0 aliphatic carbocycles. The second kappa shape index (κ2) is 12.0. The summed E-state index contributed by atoms with van der Waals surface area (Å²) in [5, 5.41) is 6.02. The van der Waals surface area contributed by atoms with Gasteiger partial charge in [-0.3, -0.25) is 9.36 Å². The number of anilines is 1. The van der Waals surface area contributed by atoms with Crippen molar-refractivity contribution >= 4 is 17.4 Å². The van der Waals surface area contributed by atoms with Crippen molar-refractivity contribution in [2.75, 3.05) is 5.32 Å². The van der Waals surface area contributed by atoms with E-state index in [4.69, 9.17) is 4.99 Å². The number of benzene rings is 2. The second-order valence-electron chi connectivity index (χ2n) is 8.19. The number of carbonyl (C=O) groups is 1. The van der Waals surface area contributed by atoms with Crippen molar-refractivity contribution in [3.8, 4) is 0 Å². The Kier molecular flexibility index (Phi) is 8.84. The molecule has 2 aromatic carbocycles. The molecular formula is C28H28F3N5O. The van der Waals surface area contributed by atoms with Gasteiger partial charge >= 0.3 is 6.18 Å². The van der Waals surface area contributed by atoms with Crippen LogP contribution >= 0.6 is 0 Å². The van der Waals surface area contributed by atoms with Crippen molar-refractivity contribution in [2.45, 2.75) is 33.0 Å². The summed E-state index contributed by atoms with van der Waals surface area (Å²) in [5.74, 6) is 0.619. The number of rotatable bonds is 8. The predicted molar refractivity (Wildman–Crippen MR) is 140 cm³/mol. The third-order valence-corrected chi connectivity index (χ3v) is 5.33. The molecule has 1 amide bonds. The van der Waals surface area contributed by atoms with E-state index in [1.165, 1.54) is 12.1 Å². The Morgan fingerprint density at radius 1 is 1.19 bits per heavy atom. The SMILES string of the molecule is C=C/C=C/C(=N\C(=C/C)N[C@@H](C)c1cccc(NC(=O)c2cccc(C(F)(F)F)c2)c1)n1cnc(C)c1. The molecule has 0 saturated carbocycles. The summed E-state index contributed by atoms with van der Waals surface area (Å²) in [6.45, 7) is 9.39. The molecule has 3 rings (SSSR count). The van der Waals surface area contributed by atoms with Gasteiger partial charge in [-0.2, -0.15) is 13.2 Å². The highest BCUT2D eigenvalue weighted by Gasteiger charge is 2.30. The van der Waals surface area contributed by atoms with Crippen molar-refractivity contribution in [3.63, 3.8) is 0 Å². The lowest BCUT2D eigenvalue weighted by molar-refractivity contribution is -0.137. The van der Waals surface area contributed by atoms with E-state index in [9.17, 15) is 18.0 Å². The molecule has 0 saturated heterocycles. The zero-order valence-electron chi connectivity index (χ0n) is 20.8. The predicted octanol–water partition coefficient (Wildman–Crippen LogP) is 6.66. The summed E-state index contributed by atoms with van der Waals surface area (Å²) in [6, 6.07) is 11.2. The number of amides is 1. The standard InChI is InChI=1S/C28H28F3N5O/c1-5-7-14-26(36-17-19(3)32-18-36)35-25(6-2)33-20(4)21-10-9-13-24(16-21)34-27(37)22-11-8-12-23(15-22)28(29,30)31/h5-18,20,33H,1H2,2-4H3,(H,34,37)/b14-7+,25-6-,35-26+/t20-/m0/s1. The van der Waals surface area contributed by atoms with Crippen molar-refractivity contribution in [1.29, 1.82) is 0 Å². The monoisotopic (exact) mass is 507 g/mol. The number of alkyl halides is 3. The molecule has 0 aliphatic rings. The Hall–Kier alpha value is -4.40. The Morgan fingerprint density at radius 3 is 2.59 bits per heavy atom. The number of hydrogen-bond donors (Lipinski definition) is 2. The van der Waals surface area contributed by atoms with Gasteiger partial charge in [-0.15, -0.1) is 0 Å². The quantitative estimate of drug-likeness (QED) is 0.203. The Labute approximate surface area is 214 Å². The molecule has 1 aromatic heterocycles. The largest absolute Gasteiger partial charge is 0.416 e. The molecule has 9 heteroatoms. The molecule has 3 aromatic rings. The van der Waals surface area contributed by atoms with Crippen LogP contribution in [0.1, 0.15) is 47.1 Å². The first-order valence-electron chi connectivity index (χ1n) is 11.5. The fourth-order valence-electron chi connectivity index (χ4n) is 3.42. The van der Waals surface area contributed by atoms with Crippen LogP contribution < -0.4 is 10.6 Å². The number of halogens is 3. The van der Waals surface area contributed by atoms with Crippen molar-refractivity contribution in [3.05, 3.63) is 120 Å². The summed E-state index contributed by atoms with van der Waals surface area (Å²) in [6.07, 6.45) is 6.09. The third kappa shape index (κ3) is 7.54. The molecule has 0 fully saturated rings. The minimum atomic E-state index is -4.53. The maximum Gasteiger partial charge on any atom is 0.416 e. The van der Waals surface area contributed by atoms with Gasteiger partial charge in [0.1, 0.15) is 18.0 Å². The van der Waals surface area contributed by atoms with Crippen LogP contribution in [0.2, 0.25) is 0 Å². The van der Waals surface area contributed by atoms with E-state index >= 15 is 0 Å². The van der Waals surface area contributed by atoms with Crippen molar-refractivity contribution in [2.24, 2.45) is 4.99 Å². The van der Waals surface area contributed by atoms with Crippen LogP contribution in [0.3, 0.4) is 0 Å². The number of aryl methyl sites for hydroxylation is 1. The minimum Gasteiger partial charge on any atom is -0.364 e. The number of imidazole rings is 1. The van der Waals surface area contributed by atoms with Crippen LogP contribution in [0.5, 0.6) is 0 Å². The fraction of sp³-hybridized carbons (Fsp3) is 0.179. The Balaban J connectivity index is 1.76. The molecule has 1 heterocycles. The van der Waals surface area contributed by atoms with Crippen LogP contribution in [0.15, 0.2) is 103 Å². The number of aliphatic imine (C=N–C) groups is 1. The summed E-state index contributed by atoms with van der Waals surface area (Å²) in [5.41, 5.74) is 1.21. The number of nitrogens with zero attached hydrogens (tertiary/aromatic N) is 3. The minimum absolute atomic E-state index is 0.0770. The molecular weight excluding hydrogens is 479 g/mol. The highest BCUT2D eigenvalue weighted by molar-refractivity contribution is 6.04. The van der Waals surface area contributed by atoms with Crippen LogP contribution in [-0.4, -0.2) is 21.3 Å². The van der Waals surface area contributed by atoms with E-state index in [1.54, 1.807) is 41.2 Å². The second-order valence-corrected chi connectivity index (χ2v) is 8.19. The Bertz CT molecular complexity index is 1350. The maximum absolute atomic E-state index is 13.0. The van der Waals surface area contributed by atoms with E-state index in [1.807, 2.05) is 45.2 Å². The molecule has 0 aliphatic heterocycles. The zero-order chi connectivity index (χ0) is 27.0. The van der Waals surface area contributed by atoms with E-state index in [0.29, 0.717) is 17.3 Å². The van der Waals surface area contributed by atoms with Gasteiger partial charge in [-0.1, -0.05) is 36.9 Å². The molecule has 2 N–H and O–H groups in total. The maximum atomic E-state index is 13.0. The van der Waals surface area contributed by atoms with Gasteiger partial charge in [0.15, 0.2) is 0 Å². The van der Waals surface area contributed by atoms with Crippen LogP contribution in [0.4, 0.5) is 18.9 Å². The number of nitrogens with one attached hydrogen (secondary N) is 2. The van der Waals surface area contributed by atoms with Crippen molar-refractivity contribution < 1.29 is 18.0 Å². The summed E-state index contributed by atoms with van der Waals surface area (Å²) < 4.78 is 40.8. The highest BCUT2D eigenvalue weighted by Crippen LogP contribution is 2.29. The summed E-state index contributed by atoms with van der Waals surface area (Å²) >= 11 is 0. The molecule has 1 atom stereocenters. The lowest BCUT2D eigenvalue weighted by Gasteiger charge is -2.18. The molecule has 0 bridgehead atoms. The van der Waals surface area contributed by atoms with E-state index in [2.05, 4.69) is 22.2 Å². The Morgan fingerprint density at radius 2 is 1.95 bits per heavy atom. The van der Waals surface area contributed by atoms with Gasteiger partial charge in [0, 0.05) is 17.4 Å². The van der Waals surface area contributed by atoms with E-state index in [0.717, 1.165) is 23.4 Å². The molecule has 0 unspecified atom stereocenters. The van der Waals surface area contributed by atoms with Gasteiger partial charge in [-0.25, -0.2) is 9.98 Å². The van der Waals surface area contributed by atoms with E-state index in [-0.39, 0.29) is 11.6 Å². The molecule has 192 valence electrons. The molecule has 0 spiro atoms. The lowest BCUT2D eigenvalue weighted by atomic mass is 10.1. The van der Waals surface area contributed by atoms with Crippen LogP contribution in [-0.2, 0) is 6.18 Å². The highest BCUT2D eigenvalue weighted by atomic mass is 19.4. The topological polar surface area (TPSA) is 71.3 Å². The van der Waals surface area contributed by atoms with Crippen LogP contribution in [0, 0.1) is 6.92 Å². The number of carbonyl (C=O) groups excluding carboxylic acids is 1. The zero-order valence-corrected chi connectivity index (χ0v) is 20.8. The summed E-state index contributed by atoms with van der Waals surface area (Å²) in [7, 11) is 0. The average Bonchev–Trinajstić information content (AvgIpc) is 3.31.